The third-order valence-corrected chi connectivity index (χ3v) is 7.99. The first-order valence-corrected chi connectivity index (χ1v) is 11.3. The van der Waals surface area contributed by atoms with E-state index in [-0.39, 0.29) is 16.5 Å². The summed E-state index contributed by atoms with van der Waals surface area (Å²) < 4.78 is 12.6. The molecule has 0 aromatic heterocycles. The van der Waals surface area contributed by atoms with Crippen molar-refractivity contribution in [2.45, 2.75) is 59.3 Å². The Balaban J connectivity index is 1.48. The Kier molecular flexibility index (Phi) is 4.56. The van der Waals surface area contributed by atoms with E-state index < -0.39 is 0 Å². The molecule has 2 aliphatic rings. The molecule has 142 valence electrons. The van der Waals surface area contributed by atoms with E-state index in [2.05, 4.69) is 67.6 Å². The fourth-order valence-electron chi connectivity index (χ4n) is 4.23. The molecule has 0 saturated heterocycles. The van der Waals surface area contributed by atoms with Gasteiger partial charge in [-0.15, -0.1) is 0 Å². The summed E-state index contributed by atoms with van der Waals surface area (Å²) in [7, 11) is -0.164. The van der Waals surface area contributed by atoms with Crippen molar-refractivity contribution in [3.05, 3.63) is 72.8 Å². The summed E-state index contributed by atoms with van der Waals surface area (Å²) in [5.74, 6) is 2.89. The number of ether oxygens (including phenoxy) is 2. The zero-order chi connectivity index (χ0) is 19.0. The largest absolute Gasteiger partial charge is 0.488 e. The van der Waals surface area contributed by atoms with Crippen molar-refractivity contribution in [1.29, 1.82) is 0 Å². The Labute approximate surface area is 169 Å². The summed E-state index contributed by atoms with van der Waals surface area (Å²) in [4.78, 5) is 3.78. The minimum atomic E-state index is -0.164. The smallest absolute Gasteiger partial charge is 0.209 e. The van der Waals surface area contributed by atoms with Gasteiger partial charge in [0.1, 0.15) is 22.2 Å². The quantitative estimate of drug-likeness (QED) is 0.352. The fraction of sp³-hybridized carbons (Fsp3) is 0.280. The number of para-hydroxylation sites is 2. The van der Waals surface area contributed by atoms with E-state index in [4.69, 9.17) is 9.47 Å². The van der Waals surface area contributed by atoms with Crippen molar-refractivity contribution in [2.24, 2.45) is 0 Å². The molecule has 0 N–H and O–H groups in total. The predicted molar refractivity (Wildman–Crippen MR) is 114 cm³/mol. The van der Waals surface area contributed by atoms with Gasteiger partial charge in [0.25, 0.3) is 0 Å². The molecule has 1 fully saturated rings. The molecular weight excluding hydrogens is 364 g/mol. The van der Waals surface area contributed by atoms with Gasteiger partial charge in [-0.2, -0.15) is 0 Å². The molecule has 0 amide bonds. The van der Waals surface area contributed by atoms with Crippen LogP contribution in [0.25, 0.3) is 0 Å². The molecule has 28 heavy (non-hydrogen) atoms. The van der Waals surface area contributed by atoms with Crippen LogP contribution in [0.15, 0.2) is 87.5 Å². The lowest BCUT2D eigenvalue weighted by molar-refractivity contribution is 0.0487. The summed E-state index contributed by atoms with van der Waals surface area (Å²) >= 11 is 0. The molecule has 3 aromatic rings. The Morgan fingerprint density at radius 3 is 1.93 bits per heavy atom. The zero-order valence-electron chi connectivity index (χ0n) is 16.2. The molecule has 2 nitrogen and oxygen atoms in total. The topological polar surface area (TPSA) is 18.5 Å². The maximum Gasteiger partial charge on any atom is 0.209 e. The van der Waals surface area contributed by atoms with Crippen LogP contribution in [-0.2, 0) is 10.9 Å². The molecule has 1 aliphatic carbocycles. The third-order valence-electron chi connectivity index (χ3n) is 5.69. The van der Waals surface area contributed by atoms with Gasteiger partial charge in [-0.05, 0) is 81.1 Å². The molecule has 5 rings (SSSR count). The van der Waals surface area contributed by atoms with Crippen LogP contribution in [0.5, 0.6) is 17.2 Å². The van der Waals surface area contributed by atoms with Crippen molar-refractivity contribution in [2.75, 3.05) is 0 Å². The highest BCUT2D eigenvalue weighted by Crippen LogP contribution is 2.47. The van der Waals surface area contributed by atoms with E-state index in [1.54, 1.807) is 0 Å². The van der Waals surface area contributed by atoms with Crippen LogP contribution in [0, 0.1) is 0 Å². The third kappa shape index (κ3) is 3.29. The monoisotopic (exact) mass is 389 g/mol. The normalized spacial score (nSPS) is 17.9. The van der Waals surface area contributed by atoms with Crippen molar-refractivity contribution < 1.29 is 9.47 Å². The molecule has 1 heterocycles. The highest BCUT2D eigenvalue weighted by atomic mass is 32.2. The molecule has 0 bridgehead atoms. The van der Waals surface area contributed by atoms with E-state index in [1.165, 1.54) is 33.9 Å². The van der Waals surface area contributed by atoms with Gasteiger partial charge in [0, 0.05) is 0 Å². The van der Waals surface area contributed by atoms with E-state index in [1.807, 2.05) is 12.1 Å². The van der Waals surface area contributed by atoms with Gasteiger partial charge in [0.05, 0.1) is 0 Å². The van der Waals surface area contributed by atoms with Gasteiger partial charge in [0.2, 0.25) is 9.79 Å². The fourth-order valence-corrected chi connectivity index (χ4v) is 6.43. The average Bonchev–Trinajstić information content (AvgIpc) is 2.73. The van der Waals surface area contributed by atoms with Crippen molar-refractivity contribution in [3.63, 3.8) is 0 Å². The summed E-state index contributed by atoms with van der Waals surface area (Å²) in [6, 6.07) is 25.5. The lowest BCUT2D eigenvalue weighted by Gasteiger charge is -2.34. The number of hydrogen-bond acceptors (Lipinski definition) is 2. The minimum absolute atomic E-state index is 0.0140. The van der Waals surface area contributed by atoms with Crippen LogP contribution in [0.2, 0.25) is 0 Å². The summed E-state index contributed by atoms with van der Waals surface area (Å²) in [6.07, 6.45) is 6.17. The van der Waals surface area contributed by atoms with Gasteiger partial charge >= 0.3 is 0 Å². The minimum Gasteiger partial charge on any atom is -0.488 e. The Hall–Kier alpha value is -2.39. The number of hydrogen-bond donors (Lipinski definition) is 0. The lowest BCUT2D eigenvalue weighted by Crippen LogP contribution is -2.34. The predicted octanol–water partition coefficient (Wildman–Crippen LogP) is 6.99. The maximum atomic E-state index is 6.40. The van der Waals surface area contributed by atoms with E-state index in [9.17, 15) is 0 Å². The highest BCUT2D eigenvalue weighted by Gasteiger charge is 2.39. The first-order chi connectivity index (χ1) is 13.7. The second kappa shape index (κ2) is 7.21. The molecule has 0 unspecified atom stereocenters. The van der Waals surface area contributed by atoms with E-state index >= 15 is 0 Å². The van der Waals surface area contributed by atoms with Gasteiger partial charge in [0.15, 0.2) is 16.4 Å². The second-order valence-corrected chi connectivity index (χ2v) is 9.85. The van der Waals surface area contributed by atoms with Crippen molar-refractivity contribution in [3.8, 4) is 17.2 Å². The molecule has 0 spiro atoms. The average molecular weight is 390 g/mol. The molecule has 0 atom stereocenters. The number of benzene rings is 3. The SMILES string of the molecule is CC1(Oc2ccc([S+]3c4ccccc4Oc4ccccc43)cc2)CCCCC1. The van der Waals surface area contributed by atoms with Gasteiger partial charge in [-0.25, -0.2) is 0 Å². The maximum absolute atomic E-state index is 6.40. The standard InChI is InChI=1S/C25H25O2S/c1-25(17-7-2-8-18-25)27-19-13-15-20(16-14-19)28-23-11-5-3-9-21(23)26-22-10-4-6-12-24(22)28/h3-6,9-16H,2,7-8,17-18H2,1H3/q+1. The molecular formula is C25H25O2S+. The number of rotatable bonds is 3. The first kappa shape index (κ1) is 17.7. The van der Waals surface area contributed by atoms with Crippen LogP contribution >= 0.6 is 0 Å². The van der Waals surface area contributed by atoms with Crippen LogP contribution in [0.3, 0.4) is 0 Å². The summed E-state index contributed by atoms with van der Waals surface area (Å²) in [6.45, 7) is 2.26. The highest BCUT2D eigenvalue weighted by molar-refractivity contribution is 7.97. The molecule has 3 aromatic carbocycles. The van der Waals surface area contributed by atoms with Crippen molar-refractivity contribution in [1.82, 2.24) is 0 Å². The molecule has 3 heteroatoms. The van der Waals surface area contributed by atoms with Crippen LogP contribution in [0.4, 0.5) is 0 Å². The molecule has 1 saturated carbocycles. The lowest BCUT2D eigenvalue weighted by atomic mass is 9.86. The van der Waals surface area contributed by atoms with E-state index in [0.29, 0.717) is 0 Å². The zero-order valence-corrected chi connectivity index (χ0v) is 17.0. The summed E-state index contributed by atoms with van der Waals surface area (Å²) in [5, 5.41) is 0. The first-order valence-electron chi connectivity index (χ1n) is 10.1. The van der Waals surface area contributed by atoms with Gasteiger partial charge in [-0.3, -0.25) is 0 Å². The number of fused-ring (bicyclic) bond motifs is 2. The van der Waals surface area contributed by atoms with Crippen LogP contribution in [0.1, 0.15) is 39.0 Å². The van der Waals surface area contributed by atoms with Gasteiger partial charge < -0.3 is 9.47 Å². The van der Waals surface area contributed by atoms with Crippen LogP contribution < -0.4 is 9.47 Å². The van der Waals surface area contributed by atoms with Gasteiger partial charge in [-0.1, -0.05) is 30.7 Å². The van der Waals surface area contributed by atoms with Crippen LogP contribution in [-0.4, -0.2) is 5.60 Å². The summed E-state index contributed by atoms with van der Waals surface area (Å²) in [5.41, 5.74) is -0.0140. The second-order valence-electron chi connectivity index (χ2n) is 7.89. The Morgan fingerprint density at radius 2 is 1.32 bits per heavy atom. The Bertz CT molecular complexity index is 928. The molecule has 1 aliphatic heterocycles. The van der Waals surface area contributed by atoms with E-state index in [0.717, 1.165) is 30.1 Å². The molecule has 0 radical (unpaired) electrons. The van der Waals surface area contributed by atoms with Crippen molar-refractivity contribution >= 4 is 10.9 Å². The Morgan fingerprint density at radius 1 is 0.750 bits per heavy atom.